The lowest BCUT2D eigenvalue weighted by Gasteiger charge is -2.08. The second-order valence-electron chi connectivity index (χ2n) is 6.38. The molecule has 0 saturated heterocycles. The summed E-state index contributed by atoms with van der Waals surface area (Å²) in [6, 6.07) is 19.1. The third-order valence-corrected chi connectivity index (χ3v) is 8.96. The Bertz CT molecular complexity index is 1130. The van der Waals surface area contributed by atoms with Crippen LogP contribution >= 0.6 is 22.7 Å². The van der Waals surface area contributed by atoms with Gasteiger partial charge in [0.05, 0.1) is 22.3 Å². The molecule has 0 spiro atoms. The molecule has 1 aromatic carbocycles. The van der Waals surface area contributed by atoms with Crippen molar-refractivity contribution in [3.05, 3.63) is 53.9 Å². The zero-order valence-electron chi connectivity index (χ0n) is 15.1. The minimum atomic E-state index is -1.79. The number of unbranched alkanes of at least 4 members (excludes halogenated alkanes) is 1. The van der Waals surface area contributed by atoms with E-state index < -0.39 is 9.04 Å². The van der Waals surface area contributed by atoms with Crippen LogP contribution in [0.3, 0.4) is 0 Å². The maximum atomic E-state index is 10.7. The van der Waals surface area contributed by atoms with Crippen molar-refractivity contribution in [1.82, 2.24) is 4.98 Å². The van der Waals surface area contributed by atoms with Gasteiger partial charge in [-0.25, -0.2) is 4.98 Å². The van der Waals surface area contributed by atoms with Gasteiger partial charge < -0.3 is 10.5 Å². The van der Waals surface area contributed by atoms with Crippen LogP contribution in [0.5, 0.6) is 0 Å². The first-order valence-electron chi connectivity index (χ1n) is 8.93. The van der Waals surface area contributed by atoms with Crippen LogP contribution in [0.15, 0.2) is 53.9 Å². The SMILES string of the molecule is N#CCCC[Si](O)c1sc2nc(-c3cccs3)cc(-c3ccccc3)c2c1N. The summed E-state index contributed by atoms with van der Waals surface area (Å²) in [5.74, 6) is 0. The van der Waals surface area contributed by atoms with E-state index in [9.17, 15) is 4.80 Å². The molecule has 0 fully saturated rings. The van der Waals surface area contributed by atoms with Gasteiger partial charge in [-0.15, -0.1) is 22.7 Å². The Morgan fingerprint density at radius 1 is 1.18 bits per heavy atom. The standard InChI is InChI=1S/C21H18N3OS2Si/c22-10-4-5-12-28(25)21-19(23)18-15(14-7-2-1-3-8-14)13-16(24-20(18)27-21)17-9-6-11-26-17/h1-3,6-9,11,13,25H,4-5,12,23H2. The van der Waals surface area contributed by atoms with Crippen LogP contribution in [0.4, 0.5) is 5.69 Å². The molecule has 28 heavy (non-hydrogen) atoms. The second-order valence-corrected chi connectivity index (χ2v) is 10.6. The van der Waals surface area contributed by atoms with E-state index in [1.807, 2.05) is 29.6 Å². The van der Waals surface area contributed by atoms with Crippen molar-refractivity contribution < 1.29 is 4.80 Å². The van der Waals surface area contributed by atoms with Crippen molar-refractivity contribution in [3.8, 4) is 27.8 Å². The summed E-state index contributed by atoms with van der Waals surface area (Å²) in [5.41, 5.74) is 10.2. The lowest BCUT2D eigenvalue weighted by molar-refractivity contribution is 0.581. The Morgan fingerprint density at radius 3 is 2.71 bits per heavy atom. The number of nitrogen functional groups attached to an aromatic ring is 1. The van der Waals surface area contributed by atoms with Gasteiger partial charge in [-0.1, -0.05) is 36.4 Å². The van der Waals surface area contributed by atoms with Gasteiger partial charge in [0.15, 0.2) is 0 Å². The molecule has 4 nitrogen and oxygen atoms in total. The van der Waals surface area contributed by atoms with Crippen LogP contribution in [0.25, 0.3) is 31.9 Å². The highest BCUT2D eigenvalue weighted by Crippen LogP contribution is 2.38. The maximum absolute atomic E-state index is 10.7. The molecule has 0 aliphatic heterocycles. The molecule has 0 unspecified atom stereocenters. The fourth-order valence-corrected chi connectivity index (χ4v) is 6.98. The summed E-state index contributed by atoms with van der Waals surface area (Å²) < 4.78 is 0.839. The molecule has 3 heterocycles. The number of nitriles is 1. The van der Waals surface area contributed by atoms with E-state index in [0.29, 0.717) is 24.6 Å². The highest BCUT2D eigenvalue weighted by Gasteiger charge is 2.23. The van der Waals surface area contributed by atoms with Crippen molar-refractivity contribution in [1.29, 1.82) is 5.26 Å². The molecule has 7 heteroatoms. The van der Waals surface area contributed by atoms with E-state index in [2.05, 4.69) is 30.3 Å². The van der Waals surface area contributed by atoms with Gasteiger partial charge in [0.2, 0.25) is 0 Å². The first-order valence-corrected chi connectivity index (χ1v) is 12.3. The van der Waals surface area contributed by atoms with Gasteiger partial charge in [0, 0.05) is 16.3 Å². The monoisotopic (exact) mass is 420 g/mol. The third-order valence-electron chi connectivity index (χ3n) is 4.52. The molecule has 1 radical (unpaired) electrons. The lowest BCUT2D eigenvalue weighted by atomic mass is 10.0. The minimum Gasteiger partial charge on any atom is -0.427 e. The Hall–Kier alpha value is -2.50. The van der Waals surface area contributed by atoms with Crippen molar-refractivity contribution in [2.75, 3.05) is 5.73 Å². The number of aromatic nitrogens is 1. The van der Waals surface area contributed by atoms with Crippen LogP contribution in [-0.2, 0) is 0 Å². The highest BCUT2D eigenvalue weighted by atomic mass is 32.1. The van der Waals surface area contributed by atoms with Gasteiger partial charge in [0.25, 0.3) is 9.04 Å². The zero-order chi connectivity index (χ0) is 19.5. The number of thiophene rings is 2. The first-order chi connectivity index (χ1) is 13.7. The molecule has 0 amide bonds. The van der Waals surface area contributed by atoms with Crippen LogP contribution in [0, 0.1) is 11.3 Å². The number of anilines is 1. The number of hydrogen-bond acceptors (Lipinski definition) is 6. The second kappa shape index (κ2) is 8.25. The van der Waals surface area contributed by atoms with Crippen LogP contribution < -0.4 is 10.2 Å². The number of fused-ring (bicyclic) bond motifs is 1. The smallest absolute Gasteiger partial charge is 0.256 e. The summed E-state index contributed by atoms with van der Waals surface area (Å²) in [7, 11) is -1.79. The van der Waals surface area contributed by atoms with E-state index in [4.69, 9.17) is 16.0 Å². The van der Waals surface area contributed by atoms with E-state index >= 15 is 0 Å². The predicted octanol–water partition coefficient (Wildman–Crippen LogP) is 4.77. The van der Waals surface area contributed by atoms with Crippen molar-refractivity contribution in [3.63, 3.8) is 0 Å². The summed E-state index contributed by atoms with van der Waals surface area (Å²) in [5, 5.41) is 11.7. The summed E-state index contributed by atoms with van der Waals surface area (Å²) in [6.07, 6.45) is 1.14. The fourth-order valence-electron chi connectivity index (χ4n) is 3.18. The first kappa shape index (κ1) is 18.8. The van der Waals surface area contributed by atoms with E-state index in [1.54, 1.807) is 11.3 Å². The number of hydrogen-bond donors (Lipinski definition) is 2. The van der Waals surface area contributed by atoms with Gasteiger partial charge in [-0.05, 0) is 41.1 Å². The number of benzene rings is 1. The van der Waals surface area contributed by atoms with Crippen LogP contribution in [0.2, 0.25) is 6.04 Å². The Morgan fingerprint density at radius 2 is 2.00 bits per heavy atom. The summed E-state index contributed by atoms with van der Waals surface area (Å²) in [6.45, 7) is 0. The highest BCUT2D eigenvalue weighted by molar-refractivity contribution is 7.29. The van der Waals surface area contributed by atoms with Crippen LogP contribution in [0.1, 0.15) is 12.8 Å². The lowest BCUT2D eigenvalue weighted by Crippen LogP contribution is -2.29. The van der Waals surface area contributed by atoms with Gasteiger partial charge >= 0.3 is 0 Å². The molecular weight excluding hydrogens is 402 g/mol. The molecule has 0 aliphatic rings. The number of rotatable bonds is 6. The van der Waals surface area contributed by atoms with Crippen molar-refractivity contribution in [2.45, 2.75) is 18.9 Å². The molecule has 4 aromatic rings. The van der Waals surface area contributed by atoms with Gasteiger partial charge in [-0.2, -0.15) is 5.26 Å². The summed E-state index contributed by atoms with van der Waals surface area (Å²) in [4.78, 5) is 17.6. The van der Waals surface area contributed by atoms with E-state index in [0.717, 1.165) is 36.4 Å². The average molecular weight is 421 g/mol. The summed E-state index contributed by atoms with van der Waals surface area (Å²) >= 11 is 3.15. The molecule has 0 aliphatic carbocycles. The van der Waals surface area contributed by atoms with Gasteiger partial charge in [0.1, 0.15) is 4.83 Å². The number of nitrogens with zero attached hydrogens (tertiary/aromatic N) is 2. The fraction of sp³-hybridized carbons (Fsp3) is 0.143. The number of pyridine rings is 1. The largest absolute Gasteiger partial charge is 0.427 e. The van der Waals surface area contributed by atoms with E-state index in [1.165, 1.54) is 11.3 Å². The molecule has 0 atom stereocenters. The Labute approximate surface area is 173 Å². The average Bonchev–Trinajstić information content (AvgIpc) is 3.37. The van der Waals surface area contributed by atoms with Gasteiger partial charge in [-0.3, -0.25) is 0 Å². The third kappa shape index (κ3) is 3.60. The van der Waals surface area contributed by atoms with Crippen molar-refractivity contribution >= 4 is 52.1 Å². The van der Waals surface area contributed by atoms with Crippen LogP contribution in [-0.4, -0.2) is 18.8 Å². The quantitative estimate of drug-likeness (QED) is 0.348. The molecule has 3 N–H and O–H groups in total. The molecule has 0 bridgehead atoms. The molecule has 139 valence electrons. The minimum absolute atomic E-state index is 0.454. The number of nitrogens with two attached hydrogens (primary N) is 1. The normalized spacial score (nSPS) is 11.2. The molecular formula is C21H18N3OS2Si. The topological polar surface area (TPSA) is 82.9 Å². The zero-order valence-corrected chi connectivity index (χ0v) is 17.7. The molecule has 4 rings (SSSR count). The Balaban J connectivity index is 1.88. The predicted molar refractivity (Wildman–Crippen MR) is 120 cm³/mol. The molecule has 3 aromatic heterocycles. The molecule has 0 saturated carbocycles. The Kier molecular flexibility index (Phi) is 5.55. The van der Waals surface area contributed by atoms with E-state index in [-0.39, 0.29) is 0 Å². The van der Waals surface area contributed by atoms with Crippen molar-refractivity contribution in [2.24, 2.45) is 0 Å². The maximum Gasteiger partial charge on any atom is 0.256 e.